The van der Waals surface area contributed by atoms with Gasteiger partial charge in [0.1, 0.15) is 0 Å². The number of anilines is 1. The molecule has 0 aliphatic carbocycles. The molecule has 0 bridgehead atoms. The van der Waals surface area contributed by atoms with E-state index in [-0.39, 0.29) is 11.1 Å². The van der Waals surface area contributed by atoms with Crippen LogP contribution in [-0.2, 0) is 0 Å². The maximum absolute atomic E-state index is 6.25. The molecule has 0 saturated carbocycles. The zero-order chi connectivity index (χ0) is 20.8. The minimum absolute atomic E-state index is 0.0907. The molecule has 1 aromatic carbocycles. The van der Waals surface area contributed by atoms with E-state index in [1.165, 1.54) is 0 Å². The fraction of sp³-hybridized carbons (Fsp3) is 0.435. The molecule has 0 radical (unpaired) electrons. The Bertz CT molecular complexity index is 1010. The van der Waals surface area contributed by atoms with Gasteiger partial charge in [-0.05, 0) is 64.8 Å². The average Bonchev–Trinajstić information content (AvgIpc) is 2.65. The van der Waals surface area contributed by atoms with E-state index in [0.717, 1.165) is 40.8 Å². The van der Waals surface area contributed by atoms with Crippen LogP contribution in [0.1, 0.15) is 40.5 Å². The Morgan fingerprint density at radius 3 is 2.38 bits per heavy atom. The highest BCUT2D eigenvalue weighted by atomic mass is 35.5. The first kappa shape index (κ1) is 20.0. The Balaban J connectivity index is 1.58. The second-order valence-electron chi connectivity index (χ2n) is 9.37. The molecule has 1 N–H and O–H groups in total. The van der Waals surface area contributed by atoms with Gasteiger partial charge in [-0.15, -0.1) is 10.2 Å². The van der Waals surface area contributed by atoms with Crippen molar-refractivity contribution in [2.75, 3.05) is 11.9 Å². The van der Waals surface area contributed by atoms with Gasteiger partial charge in [-0.1, -0.05) is 23.7 Å². The summed E-state index contributed by atoms with van der Waals surface area (Å²) < 4.78 is 0. The Labute approximate surface area is 177 Å². The van der Waals surface area contributed by atoms with Gasteiger partial charge in [-0.2, -0.15) is 0 Å². The molecular weight excluding hydrogens is 382 g/mol. The number of benzene rings is 1. The summed E-state index contributed by atoms with van der Waals surface area (Å²) in [7, 11) is 2.12. The Morgan fingerprint density at radius 2 is 1.72 bits per heavy atom. The molecule has 6 heteroatoms. The summed E-state index contributed by atoms with van der Waals surface area (Å²) in [4.78, 5) is 6.68. The number of piperidine rings is 1. The zero-order valence-corrected chi connectivity index (χ0v) is 18.5. The highest BCUT2D eigenvalue weighted by Crippen LogP contribution is 2.33. The van der Waals surface area contributed by atoms with E-state index < -0.39 is 0 Å². The number of hydrogen-bond donors (Lipinski definition) is 1. The van der Waals surface area contributed by atoms with Crippen LogP contribution in [0.15, 0.2) is 42.6 Å². The van der Waals surface area contributed by atoms with Crippen molar-refractivity contribution in [3.63, 3.8) is 0 Å². The van der Waals surface area contributed by atoms with E-state index in [1.807, 2.05) is 24.3 Å². The summed E-state index contributed by atoms with van der Waals surface area (Å²) in [5.74, 6) is 0.897. The molecule has 3 aromatic rings. The first-order valence-corrected chi connectivity index (χ1v) is 10.4. The summed E-state index contributed by atoms with van der Waals surface area (Å²) in [5, 5.41) is 14.4. The van der Waals surface area contributed by atoms with Crippen LogP contribution in [0, 0.1) is 0 Å². The van der Waals surface area contributed by atoms with Gasteiger partial charge in [0.25, 0.3) is 0 Å². The second kappa shape index (κ2) is 7.22. The molecule has 1 aliphatic rings. The lowest BCUT2D eigenvalue weighted by Crippen LogP contribution is -2.62. The van der Waals surface area contributed by atoms with E-state index in [4.69, 9.17) is 11.6 Å². The van der Waals surface area contributed by atoms with Gasteiger partial charge >= 0.3 is 0 Å². The molecule has 3 heterocycles. The lowest BCUT2D eigenvalue weighted by Gasteiger charge is -2.49. The van der Waals surface area contributed by atoms with Crippen molar-refractivity contribution in [3.05, 3.63) is 47.6 Å². The fourth-order valence-electron chi connectivity index (χ4n) is 4.67. The maximum atomic E-state index is 6.25. The number of nitrogens with one attached hydrogen (secondary N) is 1. The SMILES string of the molecule is CN(c1ccc(-c2ccc3c(Cl)ccnc3c2)nn1)C1CC(C)(C)NC(C)(C)C1. The summed E-state index contributed by atoms with van der Waals surface area (Å²) in [6.45, 7) is 9.07. The summed E-state index contributed by atoms with van der Waals surface area (Å²) >= 11 is 6.25. The van der Waals surface area contributed by atoms with Crippen molar-refractivity contribution in [1.29, 1.82) is 0 Å². The highest BCUT2D eigenvalue weighted by Gasteiger charge is 2.39. The van der Waals surface area contributed by atoms with Crippen molar-refractivity contribution in [1.82, 2.24) is 20.5 Å². The van der Waals surface area contributed by atoms with Gasteiger partial charge in [0.15, 0.2) is 5.82 Å². The average molecular weight is 410 g/mol. The number of fused-ring (bicyclic) bond motifs is 1. The molecule has 5 nitrogen and oxygen atoms in total. The Hall–Kier alpha value is -2.24. The van der Waals surface area contributed by atoms with E-state index >= 15 is 0 Å². The van der Waals surface area contributed by atoms with Crippen LogP contribution in [0.5, 0.6) is 0 Å². The van der Waals surface area contributed by atoms with Crippen LogP contribution >= 0.6 is 11.6 Å². The maximum Gasteiger partial charge on any atom is 0.151 e. The number of nitrogens with zero attached hydrogens (tertiary/aromatic N) is 4. The Kier molecular flexibility index (Phi) is 4.99. The van der Waals surface area contributed by atoms with Gasteiger partial charge in [0, 0.05) is 41.3 Å². The molecule has 2 aromatic heterocycles. The van der Waals surface area contributed by atoms with Gasteiger partial charge in [0.05, 0.1) is 16.2 Å². The quantitative estimate of drug-likeness (QED) is 0.652. The van der Waals surface area contributed by atoms with Crippen LogP contribution in [0.4, 0.5) is 5.82 Å². The minimum atomic E-state index is 0.0907. The number of rotatable bonds is 3. The predicted octanol–water partition coefficient (Wildman–Crippen LogP) is 5.09. The monoisotopic (exact) mass is 409 g/mol. The van der Waals surface area contributed by atoms with Gasteiger partial charge in [0.2, 0.25) is 0 Å². The number of pyridine rings is 1. The lowest BCUT2D eigenvalue weighted by atomic mass is 9.79. The third-order valence-corrected chi connectivity index (χ3v) is 6.04. The molecule has 0 spiro atoms. The van der Waals surface area contributed by atoms with Gasteiger partial charge < -0.3 is 10.2 Å². The standard InChI is InChI=1S/C23H28ClN5/c1-22(2)13-16(14-23(3,4)28-22)29(5)21-9-8-19(26-27-21)15-6-7-17-18(24)10-11-25-20(17)12-15/h6-12,16,28H,13-14H2,1-5H3. The number of hydrogen-bond acceptors (Lipinski definition) is 5. The van der Waals surface area contributed by atoms with Crippen LogP contribution in [-0.4, -0.2) is 39.3 Å². The molecular formula is C23H28ClN5. The lowest BCUT2D eigenvalue weighted by molar-refractivity contribution is 0.160. The summed E-state index contributed by atoms with van der Waals surface area (Å²) in [6, 6.07) is 12.3. The first-order chi connectivity index (χ1) is 13.6. The molecule has 1 aliphatic heterocycles. The van der Waals surface area contributed by atoms with Crippen molar-refractivity contribution >= 4 is 28.3 Å². The zero-order valence-electron chi connectivity index (χ0n) is 17.7. The van der Waals surface area contributed by atoms with E-state index in [2.05, 4.69) is 66.2 Å². The molecule has 0 amide bonds. The second-order valence-corrected chi connectivity index (χ2v) is 9.77. The van der Waals surface area contributed by atoms with E-state index in [0.29, 0.717) is 11.1 Å². The van der Waals surface area contributed by atoms with Crippen molar-refractivity contribution in [2.45, 2.75) is 57.7 Å². The van der Waals surface area contributed by atoms with Crippen LogP contribution in [0.25, 0.3) is 22.2 Å². The van der Waals surface area contributed by atoms with Crippen LogP contribution in [0.2, 0.25) is 5.02 Å². The van der Waals surface area contributed by atoms with Crippen LogP contribution in [0.3, 0.4) is 0 Å². The van der Waals surface area contributed by atoms with Crippen molar-refractivity contribution < 1.29 is 0 Å². The highest BCUT2D eigenvalue weighted by molar-refractivity contribution is 6.35. The van der Waals surface area contributed by atoms with Crippen LogP contribution < -0.4 is 10.2 Å². The van der Waals surface area contributed by atoms with Crippen molar-refractivity contribution in [2.24, 2.45) is 0 Å². The molecule has 0 atom stereocenters. The molecule has 0 unspecified atom stereocenters. The van der Waals surface area contributed by atoms with Gasteiger partial charge in [-0.25, -0.2) is 0 Å². The minimum Gasteiger partial charge on any atom is -0.355 e. The smallest absolute Gasteiger partial charge is 0.151 e. The first-order valence-electron chi connectivity index (χ1n) is 10.0. The summed E-state index contributed by atoms with van der Waals surface area (Å²) in [6.07, 6.45) is 3.85. The third-order valence-electron chi connectivity index (χ3n) is 5.71. The number of aromatic nitrogens is 3. The molecule has 29 heavy (non-hydrogen) atoms. The normalized spacial score (nSPS) is 18.7. The largest absolute Gasteiger partial charge is 0.355 e. The topological polar surface area (TPSA) is 53.9 Å². The Morgan fingerprint density at radius 1 is 1.00 bits per heavy atom. The molecule has 4 rings (SSSR count). The number of halogens is 1. The van der Waals surface area contributed by atoms with Gasteiger partial charge in [-0.3, -0.25) is 4.98 Å². The fourth-order valence-corrected chi connectivity index (χ4v) is 4.89. The molecule has 1 saturated heterocycles. The summed E-state index contributed by atoms with van der Waals surface area (Å²) in [5.41, 5.74) is 2.85. The third kappa shape index (κ3) is 4.21. The molecule has 152 valence electrons. The van der Waals surface area contributed by atoms with E-state index in [1.54, 1.807) is 12.3 Å². The molecule has 1 fully saturated rings. The predicted molar refractivity (Wildman–Crippen MR) is 120 cm³/mol. The van der Waals surface area contributed by atoms with E-state index in [9.17, 15) is 0 Å². The van der Waals surface area contributed by atoms with Crippen molar-refractivity contribution in [3.8, 4) is 11.3 Å².